The smallest absolute Gasteiger partial charge is 0.229 e. The van der Waals surface area contributed by atoms with Crippen molar-refractivity contribution in [3.63, 3.8) is 0 Å². The van der Waals surface area contributed by atoms with E-state index in [0.29, 0.717) is 4.90 Å². The fraction of sp³-hybridized carbons (Fsp3) is 0.400. The van der Waals surface area contributed by atoms with Gasteiger partial charge in [0.25, 0.3) is 10.0 Å². The van der Waals surface area contributed by atoms with Gasteiger partial charge in [-0.3, -0.25) is 0 Å². The van der Waals surface area contributed by atoms with Crippen LogP contribution in [0.5, 0.6) is 0 Å². The monoisotopic (exact) mass is 336 g/mol. The predicted molar refractivity (Wildman–Crippen MR) is 73.4 cm³/mol. The standard InChI is InChI=1S/C10H13BrN2O2S2/c11-9-1-3-10(4-2-9)17(14,15)12-13-5-7-16-8-6-13/h1-4,12H,5-8H2. The number of sulfonamides is 1. The van der Waals surface area contributed by atoms with Gasteiger partial charge in [-0.15, -0.1) is 4.83 Å². The molecular formula is C10H13BrN2O2S2. The summed E-state index contributed by atoms with van der Waals surface area (Å²) in [6.07, 6.45) is 0. The van der Waals surface area contributed by atoms with Gasteiger partial charge in [0.2, 0.25) is 0 Å². The van der Waals surface area contributed by atoms with Gasteiger partial charge >= 0.3 is 0 Å². The molecule has 1 heterocycles. The fourth-order valence-electron chi connectivity index (χ4n) is 1.49. The second-order valence-corrected chi connectivity index (χ2v) is 7.45. The molecule has 94 valence electrons. The number of nitrogens with one attached hydrogen (secondary N) is 1. The molecule has 17 heavy (non-hydrogen) atoms. The Morgan fingerprint density at radius 1 is 1.18 bits per heavy atom. The summed E-state index contributed by atoms with van der Waals surface area (Å²) in [5.41, 5.74) is 0. The van der Waals surface area contributed by atoms with Crippen molar-refractivity contribution in [3.05, 3.63) is 28.7 Å². The molecule has 0 spiro atoms. The van der Waals surface area contributed by atoms with Gasteiger partial charge in [0.15, 0.2) is 0 Å². The van der Waals surface area contributed by atoms with E-state index in [-0.39, 0.29) is 0 Å². The summed E-state index contributed by atoms with van der Waals surface area (Å²) in [6, 6.07) is 6.62. The molecule has 1 aliphatic heterocycles. The molecule has 0 atom stereocenters. The molecular weight excluding hydrogens is 324 g/mol. The van der Waals surface area contributed by atoms with Crippen molar-refractivity contribution in [2.45, 2.75) is 4.90 Å². The zero-order valence-electron chi connectivity index (χ0n) is 9.10. The van der Waals surface area contributed by atoms with Gasteiger partial charge in [-0.25, -0.2) is 13.4 Å². The summed E-state index contributed by atoms with van der Waals surface area (Å²) in [4.78, 5) is 2.90. The van der Waals surface area contributed by atoms with Gasteiger partial charge in [-0.2, -0.15) is 11.8 Å². The van der Waals surface area contributed by atoms with Crippen molar-refractivity contribution in [1.82, 2.24) is 9.84 Å². The van der Waals surface area contributed by atoms with E-state index in [4.69, 9.17) is 0 Å². The quantitative estimate of drug-likeness (QED) is 0.912. The lowest BCUT2D eigenvalue weighted by atomic mass is 10.4. The fourth-order valence-corrected chi connectivity index (χ4v) is 3.78. The summed E-state index contributed by atoms with van der Waals surface area (Å²) in [5, 5.41) is 1.76. The number of hydrogen-bond donors (Lipinski definition) is 1. The first-order valence-corrected chi connectivity index (χ1v) is 8.62. The van der Waals surface area contributed by atoms with E-state index in [2.05, 4.69) is 20.8 Å². The number of hydrazine groups is 1. The maximum Gasteiger partial charge on any atom is 0.253 e. The summed E-state index contributed by atoms with van der Waals surface area (Å²) >= 11 is 5.12. The van der Waals surface area contributed by atoms with Crippen molar-refractivity contribution in [1.29, 1.82) is 0 Å². The zero-order valence-corrected chi connectivity index (χ0v) is 12.3. The predicted octanol–water partition coefficient (Wildman–Crippen LogP) is 1.69. The van der Waals surface area contributed by atoms with E-state index in [1.807, 2.05) is 11.8 Å². The largest absolute Gasteiger partial charge is 0.253 e. The van der Waals surface area contributed by atoms with E-state index in [1.54, 1.807) is 29.3 Å². The molecule has 0 aromatic heterocycles. The molecule has 0 aliphatic carbocycles. The van der Waals surface area contributed by atoms with Gasteiger partial charge in [0, 0.05) is 29.1 Å². The topological polar surface area (TPSA) is 49.4 Å². The summed E-state index contributed by atoms with van der Waals surface area (Å²) in [7, 11) is -3.43. The Bertz CT molecular complexity index is 470. The maximum atomic E-state index is 12.0. The average molecular weight is 337 g/mol. The first-order chi connectivity index (χ1) is 8.08. The van der Waals surface area contributed by atoms with Crippen LogP contribution in [-0.4, -0.2) is 38.0 Å². The minimum Gasteiger partial charge on any atom is -0.229 e. The molecule has 0 unspecified atom stereocenters. The number of hydrogen-bond acceptors (Lipinski definition) is 4. The van der Waals surface area contributed by atoms with Crippen LogP contribution in [0.4, 0.5) is 0 Å². The summed E-state index contributed by atoms with van der Waals surface area (Å²) in [6.45, 7) is 1.50. The highest BCUT2D eigenvalue weighted by Crippen LogP contribution is 2.15. The molecule has 1 fully saturated rings. The average Bonchev–Trinajstić information content (AvgIpc) is 2.30. The van der Waals surface area contributed by atoms with Crippen LogP contribution in [0.1, 0.15) is 0 Å². The lowest BCUT2D eigenvalue weighted by Crippen LogP contribution is -2.46. The van der Waals surface area contributed by atoms with Gasteiger partial charge in [0.1, 0.15) is 0 Å². The van der Waals surface area contributed by atoms with Crippen LogP contribution in [0.2, 0.25) is 0 Å². The molecule has 1 saturated heterocycles. The number of nitrogens with zero attached hydrogens (tertiary/aromatic N) is 1. The van der Waals surface area contributed by atoms with E-state index in [1.165, 1.54) is 0 Å². The molecule has 0 saturated carbocycles. The Morgan fingerprint density at radius 2 is 1.76 bits per heavy atom. The van der Waals surface area contributed by atoms with Crippen molar-refractivity contribution in [3.8, 4) is 0 Å². The van der Waals surface area contributed by atoms with Crippen LogP contribution in [0.25, 0.3) is 0 Å². The van der Waals surface area contributed by atoms with E-state index in [0.717, 1.165) is 29.1 Å². The second kappa shape index (κ2) is 5.71. The van der Waals surface area contributed by atoms with Crippen molar-refractivity contribution in [2.24, 2.45) is 0 Å². The van der Waals surface area contributed by atoms with Crippen LogP contribution in [0.3, 0.4) is 0 Å². The molecule has 0 radical (unpaired) electrons. The van der Waals surface area contributed by atoms with E-state index < -0.39 is 10.0 Å². The molecule has 7 heteroatoms. The molecule has 1 aromatic rings. The van der Waals surface area contributed by atoms with Crippen LogP contribution in [-0.2, 0) is 10.0 Å². The third-order valence-corrected chi connectivity index (χ3v) is 5.25. The highest BCUT2D eigenvalue weighted by molar-refractivity contribution is 9.10. The van der Waals surface area contributed by atoms with Gasteiger partial charge in [-0.05, 0) is 24.3 Å². The number of rotatable bonds is 3. The highest BCUT2D eigenvalue weighted by atomic mass is 79.9. The lowest BCUT2D eigenvalue weighted by molar-refractivity contribution is 0.267. The first kappa shape index (κ1) is 13.4. The van der Waals surface area contributed by atoms with Crippen molar-refractivity contribution < 1.29 is 8.42 Å². The Balaban J connectivity index is 2.10. The van der Waals surface area contributed by atoms with E-state index in [9.17, 15) is 8.42 Å². The molecule has 1 aliphatic rings. The third kappa shape index (κ3) is 3.69. The number of benzene rings is 1. The molecule has 4 nitrogen and oxygen atoms in total. The highest BCUT2D eigenvalue weighted by Gasteiger charge is 2.19. The Morgan fingerprint density at radius 3 is 2.35 bits per heavy atom. The molecule has 0 amide bonds. The second-order valence-electron chi connectivity index (χ2n) is 3.65. The van der Waals surface area contributed by atoms with Gasteiger partial charge < -0.3 is 0 Å². The van der Waals surface area contributed by atoms with Crippen LogP contribution < -0.4 is 4.83 Å². The molecule has 1 aromatic carbocycles. The molecule has 0 bridgehead atoms. The Hall–Kier alpha value is -0.0800. The first-order valence-electron chi connectivity index (χ1n) is 5.19. The third-order valence-electron chi connectivity index (χ3n) is 2.38. The van der Waals surface area contributed by atoms with Crippen molar-refractivity contribution in [2.75, 3.05) is 24.6 Å². The van der Waals surface area contributed by atoms with Crippen LogP contribution in [0.15, 0.2) is 33.6 Å². The van der Waals surface area contributed by atoms with Gasteiger partial charge in [-0.1, -0.05) is 15.9 Å². The summed E-state index contributed by atoms with van der Waals surface area (Å²) in [5.74, 6) is 1.92. The minimum atomic E-state index is -3.43. The lowest BCUT2D eigenvalue weighted by Gasteiger charge is -2.26. The van der Waals surface area contributed by atoms with Crippen LogP contribution in [0, 0.1) is 0 Å². The number of halogens is 1. The summed E-state index contributed by atoms with van der Waals surface area (Å²) < 4.78 is 24.9. The van der Waals surface area contributed by atoms with Gasteiger partial charge in [0.05, 0.1) is 4.90 Å². The van der Waals surface area contributed by atoms with E-state index >= 15 is 0 Å². The maximum absolute atomic E-state index is 12.0. The van der Waals surface area contributed by atoms with Crippen molar-refractivity contribution >= 4 is 37.7 Å². The SMILES string of the molecule is O=S(=O)(NN1CCSCC1)c1ccc(Br)cc1. The normalized spacial score (nSPS) is 18.2. The Labute approximate surface area is 114 Å². The Kier molecular flexibility index (Phi) is 4.48. The number of thioether (sulfide) groups is 1. The molecule has 2 rings (SSSR count). The zero-order chi connectivity index (χ0) is 12.3. The molecule has 1 N–H and O–H groups in total. The minimum absolute atomic E-state index is 0.291. The van der Waals surface area contributed by atoms with Crippen LogP contribution >= 0.6 is 27.7 Å².